The van der Waals surface area contributed by atoms with E-state index in [1.54, 1.807) is 73.1 Å². The van der Waals surface area contributed by atoms with Gasteiger partial charge in [-0.15, -0.1) is 0 Å². The minimum Gasteiger partial charge on any atom is -0.495 e. The van der Waals surface area contributed by atoms with E-state index < -0.39 is 11.8 Å². The number of hydrogen-bond acceptors (Lipinski definition) is 7. The van der Waals surface area contributed by atoms with E-state index >= 15 is 0 Å². The number of para-hydroxylation sites is 2. The summed E-state index contributed by atoms with van der Waals surface area (Å²) in [6.45, 7) is -0.00210. The van der Waals surface area contributed by atoms with E-state index in [1.165, 1.54) is 13.3 Å². The van der Waals surface area contributed by atoms with Crippen LogP contribution in [0, 0.1) is 0 Å². The number of amides is 3. The van der Waals surface area contributed by atoms with Crippen molar-refractivity contribution in [1.29, 1.82) is 0 Å². The summed E-state index contributed by atoms with van der Waals surface area (Å²) >= 11 is 0. The minimum absolute atomic E-state index is 0.183. The summed E-state index contributed by atoms with van der Waals surface area (Å²) < 4.78 is 10.7. The SMILES string of the molecule is COc1ccccc1NC(=O)COc1ccc(/C=N\NC(=O)C(=O)NCc2cccnc2)cc1. The zero-order chi connectivity index (χ0) is 24.2. The standard InChI is InChI=1S/C24H23N5O5/c1-33-21-7-3-2-6-20(21)28-22(30)16-34-19-10-8-17(9-11-19)15-27-29-24(32)23(31)26-14-18-5-4-12-25-13-18/h2-13,15H,14,16H2,1H3,(H,26,31)(H,28,30)(H,29,32)/b27-15-. The Kier molecular flexibility index (Phi) is 8.68. The molecule has 3 amide bonds. The minimum atomic E-state index is -0.888. The number of ether oxygens (including phenoxy) is 2. The molecule has 1 heterocycles. The normalized spacial score (nSPS) is 10.4. The number of nitrogens with zero attached hydrogens (tertiary/aromatic N) is 2. The van der Waals surface area contributed by atoms with Crippen LogP contribution >= 0.6 is 0 Å². The van der Waals surface area contributed by atoms with Crippen molar-refractivity contribution in [2.45, 2.75) is 6.54 Å². The van der Waals surface area contributed by atoms with Crippen molar-refractivity contribution >= 4 is 29.6 Å². The molecular weight excluding hydrogens is 438 g/mol. The van der Waals surface area contributed by atoms with Gasteiger partial charge in [-0.1, -0.05) is 18.2 Å². The number of pyridine rings is 1. The Bertz CT molecular complexity index is 1150. The van der Waals surface area contributed by atoms with E-state index in [4.69, 9.17) is 9.47 Å². The number of methoxy groups -OCH3 is 1. The molecule has 0 saturated heterocycles. The van der Waals surface area contributed by atoms with Crippen molar-refractivity contribution in [3.63, 3.8) is 0 Å². The maximum atomic E-state index is 12.1. The first-order valence-electron chi connectivity index (χ1n) is 10.2. The fourth-order valence-corrected chi connectivity index (χ4v) is 2.71. The first-order chi connectivity index (χ1) is 16.5. The average Bonchev–Trinajstić information content (AvgIpc) is 2.87. The van der Waals surface area contributed by atoms with Crippen LogP contribution in [0.1, 0.15) is 11.1 Å². The number of benzene rings is 2. The lowest BCUT2D eigenvalue weighted by atomic mass is 10.2. The fraction of sp³-hybridized carbons (Fsp3) is 0.125. The van der Waals surface area contributed by atoms with E-state index in [-0.39, 0.29) is 19.1 Å². The molecule has 2 aromatic carbocycles. The summed E-state index contributed by atoms with van der Waals surface area (Å²) in [4.78, 5) is 39.7. The lowest BCUT2D eigenvalue weighted by Crippen LogP contribution is -2.37. The molecule has 0 spiro atoms. The lowest BCUT2D eigenvalue weighted by molar-refractivity contribution is -0.139. The van der Waals surface area contributed by atoms with Gasteiger partial charge in [0.1, 0.15) is 11.5 Å². The van der Waals surface area contributed by atoms with Crippen LogP contribution in [0.15, 0.2) is 78.2 Å². The highest BCUT2D eigenvalue weighted by molar-refractivity contribution is 6.35. The van der Waals surface area contributed by atoms with Gasteiger partial charge < -0.3 is 20.1 Å². The number of rotatable bonds is 9. The summed E-state index contributed by atoms with van der Waals surface area (Å²) in [5.74, 6) is -0.999. The molecule has 0 atom stereocenters. The first kappa shape index (κ1) is 23.9. The molecule has 0 unspecified atom stereocenters. The van der Waals surface area contributed by atoms with Crippen LogP contribution in [0.5, 0.6) is 11.5 Å². The second kappa shape index (κ2) is 12.3. The molecule has 34 heavy (non-hydrogen) atoms. The van der Waals surface area contributed by atoms with Crippen LogP contribution in [-0.2, 0) is 20.9 Å². The van der Waals surface area contributed by atoms with Gasteiger partial charge in [-0.05, 0) is 53.6 Å². The third kappa shape index (κ3) is 7.45. The zero-order valence-corrected chi connectivity index (χ0v) is 18.4. The number of nitrogens with one attached hydrogen (secondary N) is 3. The fourth-order valence-electron chi connectivity index (χ4n) is 2.71. The number of hydrogen-bond donors (Lipinski definition) is 3. The van der Waals surface area contributed by atoms with Crippen molar-refractivity contribution in [2.24, 2.45) is 5.10 Å². The third-order valence-electron chi connectivity index (χ3n) is 4.39. The Hall–Kier alpha value is -4.73. The summed E-state index contributed by atoms with van der Waals surface area (Å²) in [6.07, 6.45) is 4.59. The summed E-state index contributed by atoms with van der Waals surface area (Å²) in [7, 11) is 1.52. The maximum absolute atomic E-state index is 12.1. The van der Waals surface area contributed by atoms with Crippen LogP contribution in [-0.4, -0.2) is 42.6 Å². The highest BCUT2D eigenvalue weighted by Gasteiger charge is 2.12. The second-order valence-electron chi connectivity index (χ2n) is 6.85. The van der Waals surface area contributed by atoms with Gasteiger partial charge >= 0.3 is 11.8 Å². The van der Waals surface area contributed by atoms with E-state index in [0.29, 0.717) is 22.7 Å². The van der Waals surface area contributed by atoms with Gasteiger partial charge in [0.15, 0.2) is 6.61 Å². The number of carbonyl (C=O) groups is 3. The Labute approximate surface area is 196 Å². The molecule has 0 aliphatic carbocycles. The number of anilines is 1. The van der Waals surface area contributed by atoms with E-state index in [0.717, 1.165) is 5.56 Å². The first-order valence-corrected chi connectivity index (χ1v) is 10.2. The molecule has 0 fully saturated rings. The van der Waals surface area contributed by atoms with Crippen molar-refractivity contribution in [3.05, 3.63) is 84.2 Å². The van der Waals surface area contributed by atoms with Crippen LogP contribution in [0.25, 0.3) is 0 Å². The molecule has 0 bridgehead atoms. The van der Waals surface area contributed by atoms with Crippen LogP contribution in [0.4, 0.5) is 5.69 Å². The summed E-state index contributed by atoms with van der Waals surface area (Å²) in [5.41, 5.74) is 4.14. The molecule has 1 aromatic heterocycles. The van der Waals surface area contributed by atoms with E-state index in [1.807, 2.05) is 0 Å². The number of hydrazone groups is 1. The molecule has 3 rings (SSSR count). The topological polar surface area (TPSA) is 131 Å². The Morgan fingerprint density at radius 3 is 2.53 bits per heavy atom. The molecule has 10 heteroatoms. The molecular formula is C24H23N5O5. The van der Waals surface area contributed by atoms with Gasteiger partial charge in [0, 0.05) is 18.9 Å². The van der Waals surface area contributed by atoms with Gasteiger partial charge in [-0.2, -0.15) is 5.10 Å². The third-order valence-corrected chi connectivity index (χ3v) is 4.39. The van der Waals surface area contributed by atoms with Crippen molar-refractivity contribution < 1.29 is 23.9 Å². The van der Waals surface area contributed by atoms with Crippen LogP contribution in [0.3, 0.4) is 0 Å². The number of aromatic nitrogens is 1. The number of carbonyl (C=O) groups excluding carboxylic acids is 3. The van der Waals surface area contributed by atoms with Crippen LogP contribution in [0.2, 0.25) is 0 Å². The monoisotopic (exact) mass is 461 g/mol. The lowest BCUT2D eigenvalue weighted by Gasteiger charge is -2.10. The van der Waals surface area contributed by atoms with Crippen molar-refractivity contribution in [1.82, 2.24) is 15.7 Å². The Morgan fingerprint density at radius 2 is 1.79 bits per heavy atom. The van der Waals surface area contributed by atoms with Gasteiger partial charge in [0.2, 0.25) is 0 Å². The summed E-state index contributed by atoms with van der Waals surface area (Å²) in [5, 5.41) is 8.97. The van der Waals surface area contributed by atoms with Gasteiger partial charge in [-0.25, -0.2) is 5.43 Å². The molecule has 0 saturated carbocycles. The van der Waals surface area contributed by atoms with E-state index in [9.17, 15) is 14.4 Å². The molecule has 0 aliphatic rings. The summed E-state index contributed by atoms with van der Waals surface area (Å²) in [6, 6.07) is 17.3. The van der Waals surface area contributed by atoms with E-state index in [2.05, 4.69) is 26.1 Å². The highest BCUT2D eigenvalue weighted by atomic mass is 16.5. The Balaban J connectivity index is 1.41. The van der Waals surface area contributed by atoms with Crippen LogP contribution < -0.4 is 25.5 Å². The van der Waals surface area contributed by atoms with Gasteiger partial charge in [0.05, 0.1) is 19.0 Å². The predicted octanol–water partition coefficient (Wildman–Crippen LogP) is 1.87. The quantitative estimate of drug-likeness (QED) is 0.253. The maximum Gasteiger partial charge on any atom is 0.329 e. The second-order valence-corrected chi connectivity index (χ2v) is 6.85. The smallest absolute Gasteiger partial charge is 0.329 e. The molecule has 10 nitrogen and oxygen atoms in total. The molecule has 0 aliphatic heterocycles. The van der Waals surface area contributed by atoms with Crippen molar-refractivity contribution in [3.8, 4) is 11.5 Å². The van der Waals surface area contributed by atoms with Gasteiger partial charge in [0.25, 0.3) is 5.91 Å². The highest BCUT2D eigenvalue weighted by Crippen LogP contribution is 2.22. The average molecular weight is 461 g/mol. The zero-order valence-electron chi connectivity index (χ0n) is 18.4. The predicted molar refractivity (Wildman–Crippen MR) is 125 cm³/mol. The molecule has 3 N–H and O–H groups in total. The Morgan fingerprint density at radius 1 is 1.00 bits per heavy atom. The van der Waals surface area contributed by atoms with Gasteiger partial charge in [-0.3, -0.25) is 19.4 Å². The molecule has 3 aromatic rings. The van der Waals surface area contributed by atoms with Crippen molar-refractivity contribution in [2.75, 3.05) is 19.0 Å². The largest absolute Gasteiger partial charge is 0.495 e. The molecule has 174 valence electrons. The molecule has 0 radical (unpaired) electrons.